The smallest absolute Gasteiger partial charge is 0.330 e. The summed E-state index contributed by atoms with van der Waals surface area (Å²) in [6.45, 7) is 5.11. The van der Waals surface area contributed by atoms with E-state index < -0.39 is 5.97 Å². The lowest BCUT2D eigenvalue weighted by atomic mass is 9.71. The predicted molar refractivity (Wildman–Crippen MR) is 63.2 cm³/mol. The Morgan fingerprint density at radius 3 is 2.83 bits per heavy atom. The molecule has 1 N–H and O–H groups in total. The molecular formula is C13H17NO4. The van der Waals surface area contributed by atoms with Crippen molar-refractivity contribution in [2.45, 2.75) is 32.3 Å². The van der Waals surface area contributed by atoms with Crippen LogP contribution in [0.15, 0.2) is 12.7 Å². The molecule has 0 aromatic heterocycles. The number of nitrogens with one attached hydrogen (secondary N) is 1. The fourth-order valence-corrected chi connectivity index (χ4v) is 3.05. The molecule has 2 rings (SSSR count). The molecule has 0 aromatic carbocycles. The van der Waals surface area contributed by atoms with Crippen molar-refractivity contribution in [3.63, 3.8) is 0 Å². The van der Waals surface area contributed by atoms with Gasteiger partial charge in [-0.05, 0) is 19.8 Å². The summed E-state index contributed by atoms with van der Waals surface area (Å²) in [7, 11) is 0. The average Bonchev–Trinajstić information content (AvgIpc) is 2.65. The summed E-state index contributed by atoms with van der Waals surface area (Å²) in [6.07, 6.45) is 3.15. The summed E-state index contributed by atoms with van der Waals surface area (Å²) in [5.74, 6) is -1.58. The van der Waals surface area contributed by atoms with Gasteiger partial charge in [-0.25, -0.2) is 4.79 Å². The van der Waals surface area contributed by atoms with E-state index in [2.05, 4.69) is 11.9 Å². The summed E-state index contributed by atoms with van der Waals surface area (Å²) in [4.78, 5) is 34.6. The van der Waals surface area contributed by atoms with Crippen LogP contribution in [-0.2, 0) is 19.1 Å². The first-order valence-corrected chi connectivity index (χ1v) is 6.22. The first kappa shape index (κ1) is 12.8. The van der Waals surface area contributed by atoms with Gasteiger partial charge in [0.05, 0.1) is 11.8 Å². The number of imide groups is 1. The minimum Gasteiger partial charge on any atom is -0.459 e. The molecule has 1 heterocycles. The van der Waals surface area contributed by atoms with Crippen LogP contribution in [0.3, 0.4) is 0 Å². The van der Waals surface area contributed by atoms with Gasteiger partial charge in [-0.1, -0.05) is 13.0 Å². The summed E-state index contributed by atoms with van der Waals surface area (Å²) in [5, 5.41) is 2.37. The number of carbonyl (C=O) groups is 3. The van der Waals surface area contributed by atoms with Gasteiger partial charge in [-0.15, -0.1) is 0 Å². The zero-order valence-corrected chi connectivity index (χ0v) is 10.3. The van der Waals surface area contributed by atoms with Crippen molar-refractivity contribution in [2.75, 3.05) is 0 Å². The van der Waals surface area contributed by atoms with E-state index in [1.165, 1.54) is 0 Å². The van der Waals surface area contributed by atoms with Crippen molar-refractivity contribution in [2.24, 2.45) is 17.8 Å². The maximum atomic E-state index is 11.8. The molecule has 4 atom stereocenters. The van der Waals surface area contributed by atoms with Gasteiger partial charge in [-0.3, -0.25) is 14.9 Å². The van der Waals surface area contributed by atoms with Crippen molar-refractivity contribution in [1.82, 2.24) is 5.32 Å². The highest BCUT2D eigenvalue weighted by Gasteiger charge is 2.49. The van der Waals surface area contributed by atoms with Crippen LogP contribution >= 0.6 is 0 Å². The van der Waals surface area contributed by atoms with E-state index in [0.717, 1.165) is 25.3 Å². The van der Waals surface area contributed by atoms with Gasteiger partial charge in [0.1, 0.15) is 6.10 Å². The number of esters is 1. The molecule has 1 aliphatic carbocycles. The van der Waals surface area contributed by atoms with Gasteiger partial charge < -0.3 is 4.74 Å². The van der Waals surface area contributed by atoms with Crippen LogP contribution in [0.2, 0.25) is 0 Å². The number of ether oxygens (including phenoxy) is 1. The van der Waals surface area contributed by atoms with E-state index in [1.807, 2.05) is 0 Å². The van der Waals surface area contributed by atoms with Crippen molar-refractivity contribution < 1.29 is 19.1 Å². The Bertz CT molecular complexity index is 404. The number of hydrogen-bond acceptors (Lipinski definition) is 4. The van der Waals surface area contributed by atoms with Crippen molar-refractivity contribution in [3.8, 4) is 0 Å². The van der Waals surface area contributed by atoms with Crippen LogP contribution in [-0.4, -0.2) is 23.9 Å². The number of carbonyl (C=O) groups excluding carboxylic acids is 3. The highest BCUT2D eigenvalue weighted by atomic mass is 16.5. The quantitative estimate of drug-likeness (QED) is 0.457. The first-order chi connectivity index (χ1) is 8.54. The van der Waals surface area contributed by atoms with Crippen LogP contribution in [0.25, 0.3) is 0 Å². The van der Waals surface area contributed by atoms with E-state index in [4.69, 9.17) is 4.74 Å². The second-order valence-electron chi connectivity index (χ2n) is 4.93. The van der Waals surface area contributed by atoms with Gasteiger partial charge in [-0.2, -0.15) is 0 Å². The van der Waals surface area contributed by atoms with Gasteiger partial charge in [0.15, 0.2) is 0 Å². The zero-order chi connectivity index (χ0) is 13.3. The maximum absolute atomic E-state index is 11.8. The largest absolute Gasteiger partial charge is 0.459 e. The fourth-order valence-electron chi connectivity index (χ4n) is 3.05. The summed E-state index contributed by atoms with van der Waals surface area (Å²) in [6, 6.07) is 0. The Morgan fingerprint density at radius 1 is 1.44 bits per heavy atom. The third kappa shape index (κ3) is 2.17. The van der Waals surface area contributed by atoms with Crippen LogP contribution in [0, 0.1) is 17.8 Å². The summed E-state index contributed by atoms with van der Waals surface area (Å²) >= 11 is 0. The van der Waals surface area contributed by atoms with Crippen LogP contribution in [0.1, 0.15) is 26.2 Å². The number of amides is 2. The Hall–Kier alpha value is -1.65. The highest BCUT2D eigenvalue weighted by Crippen LogP contribution is 2.40. The van der Waals surface area contributed by atoms with Gasteiger partial charge in [0, 0.05) is 12.0 Å². The molecule has 18 heavy (non-hydrogen) atoms. The Kier molecular flexibility index (Phi) is 3.50. The van der Waals surface area contributed by atoms with Gasteiger partial charge >= 0.3 is 5.97 Å². The SMILES string of the molecule is C=CC(=O)OC(C)C1CCCC2C(=O)NC(=O)C21. The third-order valence-corrected chi connectivity index (χ3v) is 3.90. The standard InChI is InChI=1S/C13H17NO4/c1-3-10(15)18-7(2)8-5-4-6-9-11(8)13(17)14-12(9)16/h3,7-9,11H,1,4-6H2,2H3,(H,14,16,17). The minimum absolute atomic E-state index is 0.0842. The Labute approximate surface area is 106 Å². The Morgan fingerprint density at radius 2 is 2.17 bits per heavy atom. The molecule has 0 radical (unpaired) electrons. The maximum Gasteiger partial charge on any atom is 0.330 e. The van der Waals surface area contributed by atoms with Crippen LogP contribution < -0.4 is 5.32 Å². The molecule has 1 aliphatic heterocycles. The van der Waals surface area contributed by atoms with Gasteiger partial charge in [0.25, 0.3) is 0 Å². The van der Waals surface area contributed by atoms with Crippen LogP contribution in [0.5, 0.6) is 0 Å². The molecule has 2 fully saturated rings. The van der Waals surface area contributed by atoms with E-state index in [9.17, 15) is 14.4 Å². The molecule has 5 heteroatoms. The molecule has 0 aromatic rings. The second kappa shape index (κ2) is 4.92. The average molecular weight is 251 g/mol. The number of hydrogen-bond donors (Lipinski definition) is 1. The molecule has 2 amide bonds. The van der Waals surface area contributed by atoms with E-state index in [0.29, 0.717) is 0 Å². The third-order valence-electron chi connectivity index (χ3n) is 3.90. The topological polar surface area (TPSA) is 72.5 Å². The molecular weight excluding hydrogens is 234 g/mol. The normalized spacial score (nSPS) is 32.4. The summed E-state index contributed by atoms with van der Waals surface area (Å²) in [5.41, 5.74) is 0. The second-order valence-corrected chi connectivity index (χ2v) is 4.93. The van der Waals surface area contributed by atoms with E-state index in [-0.39, 0.29) is 35.7 Å². The number of rotatable bonds is 3. The molecule has 5 nitrogen and oxygen atoms in total. The lowest BCUT2D eigenvalue weighted by Gasteiger charge is -2.33. The molecule has 98 valence electrons. The van der Waals surface area contributed by atoms with E-state index in [1.54, 1.807) is 6.92 Å². The van der Waals surface area contributed by atoms with Crippen molar-refractivity contribution in [3.05, 3.63) is 12.7 Å². The molecule has 2 aliphatic rings. The van der Waals surface area contributed by atoms with Crippen molar-refractivity contribution >= 4 is 17.8 Å². The van der Waals surface area contributed by atoms with Crippen molar-refractivity contribution in [1.29, 1.82) is 0 Å². The summed E-state index contributed by atoms with van der Waals surface area (Å²) < 4.78 is 5.18. The Balaban J connectivity index is 2.12. The lowest BCUT2D eigenvalue weighted by molar-refractivity contribution is -0.149. The minimum atomic E-state index is -0.491. The van der Waals surface area contributed by atoms with Gasteiger partial charge in [0.2, 0.25) is 11.8 Å². The van der Waals surface area contributed by atoms with Crippen LogP contribution in [0.4, 0.5) is 0 Å². The zero-order valence-electron chi connectivity index (χ0n) is 10.3. The predicted octanol–water partition coefficient (Wildman–Crippen LogP) is 0.793. The molecule has 1 saturated carbocycles. The highest BCUT2D eigenvalue weighted by molar-refractivity contribution is 6.05. The lowest BCUT2D eigenvalue weighted by Crippen LogP contribution is -2.38. The number of fused-ring (bicyclic) bond motifs is 1. The molecule has 0 bridgehead atoms. The first-order valence-electron chi connectivity index (χ1n) is 6.22. The van der Waals surface area contributed by atoms with E-state index >= 15 is 0 Å². The molecule has 4 unspecified atom stereocenters. The molecule has 1 saturated heterocycles. The molecule has 0 spiro atoms. The monoisotopic (exact) mass is 251 g/mol. The fraction of sp³-hybridized carbons (Fsp3) is 0.615.